The van der Waals surface area contributed by atoms with Gasteiger partial charge in [0.25, 0.3) is 5.91 Å². The molecule has 0 aromatic heterocycles. The minimum atomic E-state index is -3.59. The van der Waals surface area contributed by atoms with Crippen molar-refractivity contribution < 1.29 is 17.9 Å². The van der Waals surface area contributed by atoms with E-state index in [1.54, 1.807) is 12.1 Å². The summed E-state index contributed by atoms with van der Waals surface area (Å²) in [5.74, 6) is -0.166. The minimum Gasteiger partial charge on any atom is -0.373 e. The highest BCUT2D eigenvalue weighted by Crippen LogP contribution is 2.21. The first-order valence-electron chi connectivity index (χ1n) is 10.1. The van der Waals surface area contributed by atoms with E-state index >= 15 is 0 Å². The number of carbonyl (C=O) groups is 1. The molecule has 28 heavy (non-hydrogen) atoms. The molecule has 0 saturated carbocycles. The topological polar surface area (TPSA) is 79.0 Å². The number of nitrogens with zero attached hydrogens (tertiary/aromatic N) is 2. The van der Waals surface area contributed by atoms with Crippen LogP contribution in [-0.4, -0.2) is 74.5 Å². The molecule has 1 amide bonds. The van der Waals surface area contributed by atoms with Crippen molar-refractivity contribution in [3.05, 3.63) is 29.8 Å². The van der Waals surface area contributed by atoms with Gasteiger partial charge in [0, 0.05) is 31.2 Å². The molecule has 1 aromatic carbocycles. The number of benzene rings is 1. The summed E-state index contributed by atoms with van der Waals surface area (Å²) < 4.78 is 32.9. The Bertz CT molecular complexity index is 771. The van der Waals surface area contributed by atoms with Gasteiger partial charge in [0.2, 0.25) is 10.0 Å². The standard InChI is InChI=1S/C20H31N3O4S/c1-4-22-11-5-6-18(22)12-21-20(24)17-7-9-19(10-8-17)28(25,26)23-13-15(2)27-16(3)14-23/h7-10,15-16,18H,4-6,11-14H2,1-3H3,(H,21,24)/t15-,16+,18-/m1/s1. The molecule has 2 saturated heterocycles. The lowest BCUT2D eigenvalue weighted by Crippen LogP contribution is -2.48. The van der Waals surface area contributed by atoms with E-state index < -0.39 is 10.0 Å². The molecule has 2 heterocycles. The van der Waals surface area contributed by atoms with Crippen LogP contribution in [0.3, 0.4) is 0 Å². The Labute approximate surface area is 168 Å². The molecule has 1 aromatic rings. The molecule has 3 rings (SSSR count). The highest BCUT2D eigenvalue weighted by atomic mass is 32.2. The molecule has 0 unspecified atom stereocenters. The zero-order valence-corrected chi connectivity index (χ0v) is 17.7. The summed E-state index contributed by atoms with van der Waals surface area (Å²) in [6.45, 7) is 9.25. The van der Waals surface area contributed by atoms with Crippen LogP contribution in [0.25, 0.3) is 0 Å². The van der Waals surface area contributed by atoms with E-state index in [1.807, 2.05) is 13.8 Å². The van der Waals surface area contributed by atoms with Crippen LogP contribution in [0.4, 0.5) is 0 Å². The van der Waals surface area contributed by atoms with E-state index in [1.165, 1.54) is 22.9 Å². The number of carbonyl (C=O) groups excluding carboxylic acids is 1. The van der Waals surface area contributed by atoms with Gasteiger partial charge in [-0.1, -0.05) is 6.92 Å². The lowest BCUT2D eigenvalue weighted by atomic mass is 10.2. The Hall–Kier alpha value is -1.48. The summed E-state index contributed by atoms with van der Waals surface area (Å²) in [6, 6.07) is 6.59. The normalized spacial score (nSPS) is 27.0. The van der Waals surface area contributed by atoms with Crippen molar-refractivity contribution in [2.75, 3.05) is 32.7 Å². The van der Waals surface area contributed by atoms with E-state index in [-0.39, 0.29) is 23.0 Å². The third-order valence-electron chi connectivity index (χ3n) is 5.54. The molecule has 3 atom stereocenters. The van der Waals surface area contributed by atoms with Crippen LogP contribution in [0.15, 0.2) is 29.2 Å². The average Bonchev–Trinajstić information content (AvgIpc) is 3.13. The van der Waals surface area contributed by atoms with Gasteiger partial charge in [-0.15, -0.1) is 0 Å². The van der Waals surface area contributed by atoms with Gasteiger partial charge in [-0.25, -0.2) is 8.42 Å². The molecular formula is C20H31N3O4S. The Morgan fingerprint density at radius 3 is 2.43 bits per heavy atom. The highest BCUT2D eigenvalue weighted by Gasteiger charge is 2.32. The van der Waals surface area contributed by atoms with Gasteiger partial charge in [-0.05, 0) is 64.0 Å². The second-order valence-corrected chi connectivity index (χ2v) is 9.68. The van der Waals surface area contributed by atoms with Crippen molar-refractivity contribution in [3.63, 3.8) is 0 Å². The van der Waals surface area contributed by atoms with Gasteiger partial charge >= 0.3 is 0 Å². The number of likely N-dealkylation sites (N-methyl/N-ethyl adjacent to an activating group) is 1. The van der Waals surface area contributed by atoms with Crippen molar-refractivity contribution in [2.24, 2.45) is 0 Å². The fourth-order valence-electron chi connectivity index (χ4n) is 4.11. The Balaban J connectivity index is 1.63. The van der Waals surface area contributed by atoms with Crippen molar-refractivity contribution in [3.8, 4) is 0 Å². The fraction of sp³-hybridized carbons (Fsp3) is 0.650. The fourth-order valence-corrected chi connectivity index (χ4v) is 5.70. The summed E-state index contributed by atoms with van der Waals surface area (Å²) in [6.07, 6.45) is 1.99. The summed E-state index contributed by atoms with van der Waals surface area (Å²) in [5, 5.41) is 2.98. The number of rotatable bonds is 6. The smallest absolute Gasteiger partial charge is 0.251 e. The molecule has 2 fully saturated rings. The first kappa shape index (κ1) is 21.2. The van der Waals surface area contributed by atoms with Gasteiger partial charge in [0.1, 0.15) is 0 Å². The molecule has 0 spiro atoms. The van der Waals surface area contributed by atoms with Crippen LogP contribution in [-0.2, 0) is 14.8 Å². The van der Waals surface area contributed by atoms with Gasteiger partial charge in [-0.2, -0.15) is 4.31 Å². The predicted octanol–water partition coefficient (Wildman–Crippen LogP) is 1.70. The average molecular weight is 410 g/mol. The third kappa shape index (κ3) is 4.74. The van der Waals surface area contributed by atoms with Crippen molar-refractivity contribution >= 4 is 15.9 Å². The van der Waals surface area contributed by atoms with Crippen molar-refractivity contribution in [1.82, 2.24) is 14.5 Å². The minimum absolute atomic E-state index is 0.137. The monoisotopic (exact) mass is 409 g/mol. The maximum Gasteiger partial charge on any atom is 0.251 e. The second kappa shape index (κ2) is 8.90. The molecular weight excluding hydrogens is 378 g/mol. The highest BCUT2D eigenvalue weighted by molar-refractivity contribution is 7.89. The number of ether oxygens (including phenoxy) is 1. The first-order valence-corrected chi connectivity index (χ1v) is 11.5. The van der Waals surface area contributed by atoms with Crippen LogP contribution < -0.4 is 5.32 Å². The van der Waals surface area contributed by atoms with Gasteiger partial charge in [-0.3, -0.25) is 9.69 Å². The predicted molar refractivity (Wildman–Crippen MR) is 108 cm³/mol. The van der Waals surface area contributed by atoms with Crippen LogP contribution in [0.2, 0.25) is 0 Å². The van der Waals surface area contributed by atoms with Crippen molar-refractivity contribution in [1.29, 1.82) is 0 Å². The Kier molecular flexibility index (Phi) is 6.75. The molecule has 0 aliphatic carbocycles. The molecule has 8 heteroatoms. The second-order valence-electron chi connectivity index (χ2n) is 7.74. The molecule has 7 nitrogen and oxygen atoms in total. The van der Waals surface area contributed by atoms with Gasteiger partial charge < -0.3 is 10.1 Å². The molecule has 0 bridgehead atoms. The number of nitrogens with one attached hydrogen (secondary N) is 1. The maximum atomic E-state index is 12.9. The quantitative estimate of drug-likeness (QED) is 0.774. The number of hydrogen-bond donors (Lipinski definition) is 1. The van der Waals surface area contributed by atoms with Crippen LogP contribution in [0.1, 0.15) is 44.0 Å². The van der Waals surface area contributed by atoms with E-state index in [0.717, 1.165) is 19.5 Å². The third-order valence-corrected chi connectivity index (χ3v) is 7.39. The SMILES string of the molecule is CCN1CCC[C@@H]1CNC(=O)c1ccc(S(=O)(=O)N2C[C@@H](C)O[C@@H](C)C2)cc1. The summed E-state index contributed by atoms with van der Waals surface area (Å²) >= 11 is 0. The maximum absolute atomic E-state index is 12.9. The molecule has 2 aliphatic heterocycles. The lowest BCUT2D eigenvalue weighted by Gasteiger charge is -2.34. The zero-order chi connectivity index (χ0) is 20.3. The van der Waals surface area contributed by atoms with E-state index in [9.17, 15) is 13.2 Å². The van der Waals surface area contributed by atoms with Crippen LogP contribution in [0.5, 0.6) is 0 Å². The van der Waals surface area contributed by atoms with Crippen LogP contribution in [0, 0.1) is 0 Å². The molecule has 2 aliphatic rings. The summed E-state index contributed by atoms with van der Waals surface area (Å²) in [7, 11) is -3.59. The molecule has 1 N–H and O–H groups in total. The van der Waals surface area contributed by atoms with E-state index in [0.29, 0.717) is 31.2 Å². The zero-order valence-electron chi connectivity index (χ0n) is 16.9. The van der Waals surface area contributed by atoms with Gasteiger partial charge in [0.05, 0.1) is 17.1 Å². The lowest BCUT2D eigenvalue weighted by molar-refractivity contribution is -0.0440. The number of likely N-dealkylation sites (tertiary alicyclic amines) is 1. The number of morpholine rings is 1. The number of amides is 1. The molecule has 156 valence electrons. The van der Waals surface area contributed by atoms with E-state index in [4.69, 9.17) is 4.74 Å². The summed E-state index contributed by atoms with van der Waals surface area (Å²) in [5.41, 5.74) is 0.476. The van der Waals surface area contributed by atoms with Gasteiger partial charge in [0.15, 0.2) is 0 Å². The van der Waals surface area contributed by atoms with Crippen molar-refractivity contribution in [2.45, 2.75) is 56.8 Å². The summed E-state index contributed by atoms with van der Waals surface area (Å²) in [4.78, 5) is 15.0. The Morgan fingerprint density at radius 2 is 1.82 bits per heavy atom. The van der Waals surface area contributed by atoms with E-state index in [2.05, 4.69) is 17.1 Å². The number of sulfonamides is 1. The van der Waals surface area contributed by atoms with Crippen LogP contribution >= 0.6 is 0 Å². The Morgan fingerprint density at radius 1 is 1.18 bits per heavy atom. The molecule has 0 radical (unpaired) electrons. The first-order chi connectivity index (χ1) is 13.3. The number of hydrogen-bond acceptors (Lipinski definition) is 5. The largest absolute Gasteiger partial charge is 0.373 e.